The van der Waals surface area contributed by atoms with Gasteiger partial charge in [-0.15, -0.1) is 0 Å². The van der Waals surface area contributed by atoms with Crippen molar-refractivity contribution in [1.29, 1.82) is 5.26 Å². The normalized spacial score (nSPS) is 18.3. The highest BCUT2D eigenvalue weighted by atomic mass is 32.2. The summed E-state index contributed by atoms with van der Waals surface area (Å²) < 4.78 is 56.0. The van der Waals surface area contributed by atoms with Crippen LogP contribution in [0.15, 0.2) is 29.3 Å². The topological polar surface area (TPSA) is 68.7 Å². The van der Waals surface area contributed by atoms with Crippen LogP contribution in [0.2, 0.25) is 0 Å². The first-order valence-corrected chi connectivity index (χ1v) is 8.89. The highest BCUT2D eigenvalue weighted by Crippen LogP contribution is 2.37. The highest BCUT2D eigenvalue weighted by Gasteiger charge is 2.37. The summed E-state index contributed by atoms with van der Waals surface area (Å²) >= 11 is 0. The number of nitrogens with one attached hydrogen (secondary N) is 2. The zero-order valence-corrected chi connectivity index (χ0v) is 14.2. The SMILES string of the molecule is CC(F)(F)C1CCc2c(S(=O)Nc3ccc(C#N)cc3F)c[nH]c2C1. The average molecular weight is 367 g/mol. The van der Waals surface area contributed by atoms with Crippen LogP contribution in [-0.2, 0) is 23.8 Å². The second kappa shape index (κ2) is 6.56. The molecule has 2 unspecified atom stereocenters. The van der Waals surface area contributed by atoms with Gasteiger partial charge in [0, 0.05) is 17.8 Å². The molecule has 1 aromatic carbocycles. The maximum Gasteiger partial charge on any atom is 0.248 e. The first-order chi connectivity index (χ1) is 11.8. The van der Waals surface area contributed by atoms with Crippen LogP contribution in [0.5, 0.6) is 0 Å². The number of nitriles is 1. The molecule has 2 N–H and O–H groups in total. The van der Waals surface area contributed by atoms with Crippen LogP contribution in [0.3, 0.4) is 0 Å². The maximum absolute atomic E-state index is 13.9. The lowest BCUT2D eigenvalue weighted by Gasteiger charge is -2.27. The second-order valence-corrected chi connectivity index (χ2v) is 7.36. The van der Waals surface area contributed by atoms with E-state index in [1.807, 2.05) is 6.07 Å². The molecule has 0 aliphatic heterocycles. The van der Waals surface area contributed by atoms with Crippen molar-refractivity contribution in [3.8, 4) is 6.07 Å². The molecule has 1 heterocycles. The van der Waals surface area contributed by atoms with Crippen molar-refractivity contribution in [3.63, 3.8) is 0 Å². The van der Waals surface area contributed by atoms with E-state index in [0.717, 1.165) is 18.6 Å². The minimum atomic E-state index is -2.76. The standard InChI is InChI=1S/C17H16F3N3OS/c1-17(19,20)11-3-4-12-15(7-11)22-9-16(12)25(24)23-14-5-2-10(8-21)6-13(14)18/h2,5-6,9,11,22-23H,3-4,7H2,1H3. The molecule has 0 saturated carbocycles. The monoisotopic (exact) mass is 367 g/mol. The third-order valence-electron chi connectivity index (χ3n) is 4.45. The Kier molecular flexibility index (Phi) is 4.60. The van der Waals surface area contributed by atoms with Gasteiger partial charge in [0.2, 0.25) is 5.92 Å². The summed E-state index contributed by atoms with van der Waals surface area (Å²) in [7, 11) is -1.74. The molecule has 0 spiro atoms. The minimum Gasteiger partial charge on any atom is -0.364 e. The number of alkyl halides is 2. The van der Waals surface area contributed by atoms with Gasteiger partial charge in [-0.1, -0.05) is 0 Å². The van der Waals surface area contributed by atoms with Crippen LogP contribution in [0.4, 0.5) is 18.9 Å². The number of aromatic nitrogens is 1. The van der Waals surface area contributed by atoms with Gasteiger partial charge in [0.15, 0.2) is 11.0 Å². The highest BCUT2D eigenvalue weighted by molar-refractivity contribution is 7.86. The van der Waals surface area contributed by atoms with Crippen molar-refractivity contribution in [1.82, 2.24) is 4.98 Å². The van der Waals surface area contributed by atoms with Crippen molar-refractivity contribution in [3.05, 3.63) is 47.0 Å². The van der Waals surface area contributed by atoms with Crippen LogP contribution >= 0.6 is 0 Å². The molecule has 0 bridgehead atoms. The number of rotatable bonds is 4. The fraction of sp³-hybridized carbons (Fsp3) is 0.353. The molecule has 0 radical (unpaired) electrons. The Bertz CT molecular complexity index is 867. The van der Waals surface area contributed by atoms with Crippen molar-refractivity contribution in [2.45, 2.75) is 37.0 Å². The Hall–Kier alpha value is -2.27. The molecule has 132 valence electrons. The third-order valence-corrected chi connectivity index (χ3v) is 5.62. The summed E-state index contributed by atoms with van der Waals surface area (Å²) in [5, 5.41) is 8.74. The van der Waals surface area contributed by atoms with E-state index in [-0.39, 0.29) is 17.7 Å². The summed E-state index contributed by atoms with van der Waals surface area (Å²) in [6.45, 7) is 0.917. The molecule has 8 heteroatoms. The molecular formula is C17H16F3N3OS. The third kappa shape index (κ3) is 3.56. The summed E-state index contributed by atoms with van der Waals surface area (Å²) in [5.41, 5.74) is 1.59. The summed E-state index contributed by atoms with van der Waals surface area (Å²) in [6, 6.07) is 5.64. The number of fused-ring (bicyclic) bond motifs is 1. The van der Waals surface area contributed by atoms with E-state index >= 15 is 0 Å². The van der Waals surface area contributed by atoms with Gasteiger partial charge in [-0.3, -0.25) is 4.72 Å². The van der Waals surface area contributed by atoms with Gasteiger partial charge in [-0.05, 0) is 49.9 Å². The Morgan fingerprint density at radius 1 is 1.44 bits per heavy atom. The zero-order valence-electron chi connectivity index (χ0n) is 13.4. The van der Waals surface area contributed by atoms with Gasteiger partial charge in [-0.25, -0.2) is 17.4 Å². The molecule has 0 amide bonds. The second-order valence-electron chi connectivity index (χ2n) is 6.18. The number of anilines is 1. The number of halogens is 3. The van der Waals surface area contributed by atoms with E-state index in [1.54, 1.807) is 0 Å². The number of hydrogen-bond acceptors (Lipinski definition) is 2. The smallest absolute Gasteiger partial charge is 0.248 e. The van der Waals surface area contributed by atoms with Gasteiger partial charge in [0.05, 0.1) is 22.2 Å². The number of benzene rings is 1. The average Bonchev–Trinajstić information content (AvgIpc) is 2.99. The molecule has 1 aliphatic rings. The molecule has 0 fully saturated rings. The first-order valence-electron chi connectivity index (χ1n) is 7.74. The van der Waals surface area contributed by atoms with Crippen LogP contribution in [-0.4, -0.2) is 15.1 Å². The Morgan fingerprint density at radius 3 is 2.84 bits per heavy atom. The van der Waals surface area contributed by atoms with Crippen LogP contribution in [0, 0.1) is 23.1 Å². The zero-order chi connectivity index (χ0) is 18.2. The summed E-state index contributed by atoms with van der Waals surface area (Å²) in [6.07, 6.45) is 2.42. The van der Waals surface area contributed by atoms with Gasteiger partial charge < -0.3 is 4.98 Å². The molecule has 2 aromatic rings. The lowest BCUT2D eigenvalue weighted by molar-refractivity contribution is -0.0448. The summed E-state index contributed by atoms with van der Waals surface area (Å²) in [5.74, 6) is -4.18. The van der Waals surface area contributed by atoms with Crippen molar-refractivity contribution < 1.29 is 17.4 Å². The van der Waals surface area contributed by atoms with Crippen LogP contribution in [0.1, 0.15) is 30.2 Å². The maximum atomic E-state index is 13.9. The van der Waals surface area contributed by atoms with Gasteiger partial charge in [-0.2, -0.15) is 5.26 Å². The number of aromatic amines is 1. The molecule has 0 saturated heterocycles. The molecule has 1 aromatic heterocycles. The Balaban J connectivity index is 1.79. The molecule has 2 atom stereocenters. The molecule has 4 nitrogen and oxygen atoms in total. The molecule has 1 aliphatic carbocycles. The minimum absolute atomic E-state index is 0.0149. The lowest BCUT2D eigenvalue weighted by atomic mass is 9.84. The van der Waals surface area contributed by atoms with Gasteiger partial charge >= 0.3 is 0 Å². The Labute approximate surface area is 145 Å². The predicted octanol–water partition coefficient (Wildman–Crippen LogP) is 3.92. The van der Waals surface area contributed by atoms with Crippen molar-refractivity contribution in [2.24, 2.45) is 5.92 Å². The van der Waals surface area contributed by atoms with Gasteiger partial charge in [0.1, 0.15) is 5.82 Å². The van der Waals surface area contributed by atoms with E-state index in [2.05, 4.69) is 9.71 Å². The lowest BCUT2D eigenvalue weighted by Crippen LogP contribution is -2.30. The molecule has 25 heavy (non-hydrogen) atoms. The fourth-order valence-electron chi connectivity index (χ4n) is 3.02. The van der Waals surface area contributed by atoms with Crippen LogP contribution in [0.25, 0.3) is 0 Å². The van der Waals surface area contributed by atoms with Crippen molar-refractivity contribution in [2.75, 3.05) is 4.72 Å². The predicted molar refractivity (Wildman–Crippen MR) is 88.1 cm³/mol. The van der Waals surface area contributed by atoms with E-state index < -0.39 is 28.6 Å². The van der Waals surface area contributed by atoms with E-state index in [0.29, 0.717) is 23.4 Å². The van der Waals surface area contributed by atoms with E-state index in [9.17, 15) is 17.4 Å². The quantitative estimate of drug-likeness (QED) is 0.860. The number of hydrogen-bond donors (Lipinski definition) is 2. The summed E-state index contributed by atoms with van der Waals surface area (Å²) in [4.78, 5) is 3.37. The first kappa shape index (κ1) is 17.5. The van der Waals surface area contributed by atoms with Crippen molar-refractivity contribution >= 4 is 16.7 Å². The number of H-pyrrole nitrogens is 1. The fourth-order valence-corrected chi connectivity index (χ4v) is 4.11. The largest absolute Gasteiger partial charge is 0.364 e. The van der Waals surface area contributed by atoms with E-state index in [4.69, 9.17) is 5.26 Å². The van der Waals surface area contributed by atoms with Gasteiger partial charge in [0.25, 0.3) is 0 Å². The molecule has 3 rings (SSSR count). The molecular weight excluding hydrogens is 351 g/mol. The van der Waals surface area contributed by atoms with E-state index in [1.165, 1.54) is 18.3 Å². The van der Waals surface area contributed by atoms with Crippen LogP contribution < -0.4 is 4.72 Å². The number of nitrogens with zero attached hydrogens (tertiary/aromatic N) is 1. The Morgan fingerprint density at radius 2 is 2.20 bits per heavy atom.